The zero-order chi connectivity index (χ0) is 15.7. The number of piperidine rings is 1. The summed E-state index contributed by atoms with van der Waals surface area (Å²) in [6.45, 7) is 1.77. The summed E-state index contributed by atoms with van der Waals surface area (Å²) in [6.07, 6.45) is -3.06. The predicted molar refractivity (Wildman–Crippen MR) is 73.8 cm³/mol. The van der Waals surface area contributed by atoms with Crippen LogP contribution in [0.5, 0.6) is 0 Å². The molecule has 0 spiro atoms. The zero-order valence-electron chi connectivity index (χ0n) is 12.7. The van der Waals surface area contributed by atoms with Crippen molar-refractivity contribution in [1.29, 1.82) is 0 Å². The van der Waals surface area contributed by atoms with Crippen LogP contribution in [0.2, 0.25) is 0 Å². The highest BCUT2D eigenvalue weighted by atomic mass is 19.4. The molecule has 0 aromatic carbocycles. The van der Waals surface area contributed by atoms with Gasteiger partial charge in [0.05, 0.1) is 0 Å². The molecule has 1 N–H and O–H groups in total. The van der Waals surface area contributed by atoms with E-state index in [2.05, 4.69) is 10.2 Å². The molecular formula is C14H24F3N3O. The minimum absolute atomic E-state index is 0.146. The van der Waals surface area contributed by atoms with Crippen LogP contribution in [0.1, 0.15) is 19.3 Å². The van der Waals surface area contributed by atoms with Crippen LogP contribution in [0, 0.1) is 11.3 Å². The molecule has 2 aliphatic rings. The second kappa shape index (κ2) is 6.12. The van der Waals surface area contributed by atoms with E-state index in [1.807, 2.05) is 14.1 Å². The van der Waals surface area contributed by atoms with E-state index in [0.717, 1.165) is 19.4 Å². The van der Waals surface area contributed by atoms with E-state index in [1.54, 1.807) is 0 Å². The van der Waals surface area contributed by atoms with E-state index < -0.39 is 17.5 Å². The van der Waals surface area contributed by atoms with E-state index >= 15 is 0 Å². The maximum absolute atomic E-state index is 13.4. The van der Waals surface area contributed by atoms with Gasteiger partial charge in [-0.2, -0.15) is 13.2 Å². The Labute approximate surface area is 123 Å². The summed E-state index contributed by atoms with van der Waals surface area (Å²) in [4.78, 5) is 16.0. The smallest absolute Gasteiger partial charge is 0.342 e. The third-order valence-electron chi connectivity index (χ3n) is 4.63. The summed E-state index contributed by atoms with van der Waals surface area (Å²) in [5, 5.41) is 2.70. The average Bonchev–Trinajstić information content (AvgIpc) is 2.88. The summed E-state index contributed by atoms with van der Waals surface area (Å²) in [5.41, 5.74) is -2.21. The van der Waals surface area contributed by atoms with Gasteiger partial charge in [0.2, 0.25) is 5.91 Å². The van der Waals surface area contributed by atoms with Crippen molar-refractivity contribution in [2.75, 3.05) is 46.8 Å². The summed E-state index contributed by atoms with van der Waals surface area (Å²) >= 11 is 0. The average molecular weight is 307 g/mol. The highest BCUT2D eigenvalue weighted by molar-refractivity contribution is 5.84. The molecule has 2 saturated heterocycles. The van der Waals surface area contributed by atoms with Gasteiger partial charge >= 0.3 is 6.18 Å². The fourth-order valence-electron chi connectivity index (χ4n) is 3.38. The SMILES string of the molecule is CN(C)CC1CCN(C(=O)C2(C(F)(F)F)CCNC2)CC1. The molecule has 21 heavy (non-hydrogen) atoms. The van der Waals surface area contributed by atoms with Crippen molar-refractivity contribution in [3.8, 4) is 0 Å². The molecule has 0 aromatic rings. The number of carbonyl (C=O) groups is 1. The van der Waals surface area contributed by atoms with Crippen molar-refractivity contribution in [3.05, 3.63) is 0 Å². The monoisotopic (exact) mass is 307 g/mol. The lowest BCUT2D eigenvalue weighted by atomic mass is 9.83. The molecule has 2 aliphatic heterocycles. The molecule has 2 rings (SSSR count). The van der Waals surface area contributed by atoms with E-state index in [4.69, 9.17) is 0 Å². The minimum Gasteiger partial charge on any atom is -0.342 e. The molecule has 1 amide bonds. The molecule has 2 heterocycles. The lowest BCUT2D eigenvalue weighted by molar-refractivity contribution is -0.222. The first kappa shape index (κ1) is 16.5. The van der Waals surface area contributed by atoms with Gasteiger partial charge in [-0.15, -0.1) is 0 Å². The van der Waals surface area contributed by atoms with Gasteiger partial charge in [-0.25, -0.2) is 0 Å². The van der Waals surface area contributed by atoms with E-state index in [-0.39, 0.29) is 19.5 Å². The highest BCUT2D eigenvalue weighted by Crippen LogP contribution is 2.44. The third-order valence-corrected chi connectivity index (χ3v) is 4.63. The van der Waals surface area contributed by atoms with Gasteiger partial charge in [-0.1, -0.05) is 0 Å². The van der Waals surface area contributed by atoms with Crippen LogP contribution in [0.4, 0.5) is 13.2 Å². The predicted octanol–water partition coefficient (Wildman–Crippen LogP) is 1.33. The Kier molecular flexibility index (Phi) is 4.82. The van der Waals surface area contributed by atoms with Gasteiger partial charge in [0, 0.05) is 26.2 Å². The number of nitrogens with zero attached hydrogens (tertiary/aromatic N) is 2. The number of nitrogens with one attached hydrogen (secondary N) is 1. The molecule has 0 saturated carbocycles. The van der Waals surface area contributed by atoms with Gasteiger partial charge in [-0.3, -0.25) is 4.79 Å². The third kappa shape index (κ3) is 3.34. The molecule has 0 aromatic heterocycles. The maximum atomic E-state index is 13.4. The number of alkyl halides is 3. The quantitative estimate of drug-likeness (QED) is 0.854. The second-order valence-corrected chi connectivity index (χ2v) is 6.50. The Morgan fingerprint density at radius 3 is 2.38 bits per heavy atom. The van der Waals surface area contributed by atoms with Crippen LogP contribution in [0.3, 0.4) is 0 Å². The lowest BCUT2D eigenvalue weighted by Crippen LogP contribution is -2.55. The molecule has 0 radical (unpaired) electrons. The molecule has 1 atom stereocenters. The number of carbonyl (C=O) groups excluding carboxylic acids is 1. The van der Waals surface area contributed by atoms with E-state index in [9.17, 15) is 18.0 Å². The Morgan fingerprint density at radius 2 is 1.95 bits per heavy atom. The molecule has 0 aliphatic carbocycles. The van der Waals surface area contributed by atoms with E-state index in [1.165, 1.54) is 4.90 Å². The minimum atomic E-state index is -4.48. The Hall–Kier alpha value is -0.820. The molecule has 2 fully saturated rings. The molecule has 122 valence electrons. The summed E-state index contributed by atoms with van der Waals surface area (Å²) < 4.78 is 40.1. The lowest BCUT2D eigenvalue weighted by Gasteiger charge is -2.39. The Bertz CT molecular complexity index is 370. The summed E-state index contributed by atoms with van der Waals surface area (Å²) in [7, 11) is 3.97. The number of hydrogen-bond donors (Lipinski definition) is 1. The number of hydrogen-bond acceptors (Lipinski definition) is 3. The molecule has 0 bridgehead atoms. The first-order chi connectivity index (χ1) is 9.76. The van der Waals surface area contributed by atoms with Crippen LogP contribution >= 0.6 is 0 Å². The van der Waals surface area contributed by atoms with Crippen molar-refractivity contribution in [2.45, 2.75) is 25.4 Å². The van der Waals surface area contributed by atoms with Gasteiger partial charge < -0.3 is 15.1 Å². The fraction of sp³-hybridized carbons (Fsp3) is 0.929. The van der Waals surface area contributed by atoms with Gasteiger partial charge in [0.25, 0.3) is 0 Å². The number of rotatable bonds is 3. The normalized spacial score (nSPS) is 28.4. The number of amides is 1. The van der Waals surface area contributed by atoms with Crippen LogP contribution < -0.4 is 5.32 Å². The van der Waals surface area contributed by atoms with Crippen molar-refractivity contribution in [3.63, 3.8) is 0 Å². The van der Waals surface area contributed by atoms with Crippen molar-refractivity contribution >= 4 is 5.91 Å². The van der Waals surface area contributed by atoms with Crippen LogP contribution in [0.15, 0.2) is 0 Å². The van der Waals surface area contributed by atoms with Gasteiger partial charge in [0.15, 0.2) is 5.41 Å². The second-order valence-electron chi connectivity index (χ2n) is 6.50. The topological polar surface area (TPSA) is 35.6 Å². The number of likely N-dealkylation sites (tertiary alicyclic amines) is 1. The molecular weight excluding hydrogens is 283 g/mol. The fourth-order valence-corrected chi connectivity index (χ4v) is 3.38. The van der Waals surface area contributed by atoms with Crippen LogP contribution in [-0.4, -0.2) is 68.7 Å². The van der Waals surface area contributed by atoms with Crippen molar-refractivity contribution < 1.29 is 18.0 Å². The standard InChI is InChI=1S/C14H24F3N3O/c1-19(2)9-11-3-7-20(8-4-11)12(21)13(14(15,16)17)5-6-18-10-13/h11,18H,3-10H2,1-2H3. The zero-order valence-corrected chi connectivity index (χ0v) is 12.7. The van der Waals surface area contributed by atoms with Crippen LogP contribution in [0.25, 0.3) is 0 Å². The van der Waals surface area contributed by atoms with E-state index in [0.29, 0.717) is 19.0 Å². The summed E-state index contributed by atoms with van der Waals surface area (Å²) in [5.74, 6) is -0.268. The Morgan fingerprint density at radius 1 is 1.33 bits per heavy atom. The Balaban J connectivity index is 2.00. The van der Waals surface area contributed by atoms with Crippen molar-refractivity contribution in [2.24, 2.45) is 11.3 Å². The molecule has 4 nitrogen and oxygen atoms in total. The first-order valence-electron chi connectivity index (χ1n) is 7.48. The van der Waals surface area contributed by atoms with Gasteiger partial charge in [-0.05, 0) is 45.8 Å². The van der Waals surface area contributed by atoms with Crippen molar-refractivity contribution in [1.82, 2.24) is 15.1 Å². The molecule has 7 heteroatoms. The number of halogens is 3. The largest absolute Gasteiger partial charge is 0.404 e. The summed E-state index contributed by atoms with van der Waals surface area (Å²) in [6, 6.07) is 0. The van der Waals surface area contributed by atoms with Crippen LogP contribution in [-0.2, 0) is 4.79 Å². The van der Waals surface area contributed by atoms with Gasteiger partial charge in [0.1, 0.15) is 0 Å². The molecule has 1 unspecified atom stereocenters. The first-order valence-corrected chi connectivity index (χ1v) is 7.48. The highest BCUT2D eigenvalue weighted by Gasteiger charge is 2.62. The maximum Gasteiger partial charge on any atom is 0.404 e.